The normalized spacial score (nSPS) is 18.9. The maximum Gasteiger partial charge on any atom is 0.243 e. The van der Waals surface area contributed by atoms with Crippen LogP contribution in [0.15, 0.2) is 23.1 Å². The van der Waals surface area contributed by atoms with Crippen molar-refractivity contribution in [2.45, 2.75) is 31.2 Å². The SMILES string of the molecule is CC(C)(C)NC(=O)CN1CCN(S(=O)(=O)c2ccc3c(c2)OCCO3)CC1. The summed E-state index contributed by atoms with van der Waals surface area (Å²) in [6, 6.07) is 4.70. The zero-order valence-electron chi connectivity index (χ0n) is 16.0. The van der Waals surface area contributed by atoms with Crippen LogP contribution in [0.5, 0.6) is 11.5 Å². The summed E-state index contributed by atoms with van der Waals surface area (Å²) in [6.45, 7) is 8.67. The number of carbonyl (C=O) groups excluding carboxylic acids is 1. The number of hydrogen-bond donors (Lipinski definition) is 1. The summed E-state index contributed by atoms with van der Waals surface area (Å²) in [4.78, 5) is 14.2. The van der Waals surface area contributed by atoms with Gasteiger partial charge in [-0.3, -0.25) is 9.69 Å². The van der Waals surface area contributed by atoms with Gasteiger partial charge in [-0.05, 0) is 32.9 Å². The monoisotopic (exact) mass is 397 g/mol. The quantitative estimate of drug-likeness (QED) is 0.804. The molecule has 1 amide bonds. The van der Waals surface area contributed by atoms with Crippen molar-refractivity contribution in [3.63, 3.8) is 0 Å². The minimum atomic E-state index is -3.61. The third kappa shape index (κ3) is 4.91. The molecule has 8 nitrogen and oxygen atoms in total. The number of hydrogen-bond acceptors (Lipinski definition) is 6. The lowest BCUT2D eigenvalue weighted by molar-refractivity contribution is -0.123. The van der Waals surface area contributed by atoms with Crippen LogP contribution < -0.4 is 14.8 Å². The summed E-state index contributed by atoms with van der Waals surface area (Å²) in [5.41, 5.74) is -0.277. The Morgan fingerprint density at radius 3 is 2.33 bits per heavy atom. The second-order valence-corrected chi connectivity index (χ2v) is 9.72. The van der Waals surface area contributed by atoms with Crippen LogP contribution in [0, 0.1) is 0 Å². The van der Waals surface area contributed by atoms with Crippen molar-refractivity contribution in [2.24, 2.45) is 0 Å². The number of nitrogens with zero attached hydrogens (tertiary/aromatic N) is 2. The predicted molar refractivity (Wildman–Crippen MR) is 101 cm³/mol. The number of rotatable bonds is 4. The number of carbonyl (C=O) groups is 1. The Balaban J connectivity index is 1.61. The molecule has 2 aliphatic heterocycles. The van der Waals surface area contributed by atoms with Gasteiger partial charge in [0, 0.05) is 37.8 Å². The van der Waals surface area contributed by atoms with Crippen LogP contribution in [0.2, 0.25) is 0 Å². The van der Waals surface area contributed by atoms with E-state index in [1.54, 1.807) is 12.1 Å². The lowest BCUT2D eigenvalue weighted by Gasteiger charge is -2.34. The third-order valence-electron chi connectivity index (χ3n) is 4.36. The van der Waals surface area contributed by atoms with Gasteiger partial charge in [0.1, 0.15) is 13.2 Å². The fourth-order valence-corrected chi connectivity index (χ4v) is 4.56. The maximum absolute atomic E-state index is 12.9. The van der Waals surface area contributed by atoms with Crippen molar-refractivity contribution in [3.8, 4) is 11.5 Å². The lowest BCUT2D eigenvalue weighted by atomic mass is 10.1. The van der Waals surface area contributed by atoms with Crippen molar-refractivity contribution in [1.82, 2.24) is 14.5 Å². The number of sulfonamides is 1. The zero-order valence-corrected chi connectivity index (χ0v) is 16.8. The Labute approximate surface area is 160 Å². The van der Waals surface area contributed by atoms with E-state index in [0.29, 0.717) is 50.9 Å². The van der Waals surface area contributed by atoms with Gasteiger partial charge in [-0.15, -0.1) is 0 Å². The highest BCUT2D eigenvalue weighted by Gasteiger charge is 2.30. The summed E-state index contributed by atoms with van der Waals surface area (Å²) in [5.74, 6) is 0.973. The summed E-state index contributed by atoms with van der Waals surface area (Å²) in [5, 5.41) is 2.92. The van der Waals surface area contributed by atoms with Gasteiger partial charge in [0.2, 0.25) is 15.9 Å². The van der Waals surface area contributed by atoms with E-state index in [1.165, 1.54) is 10.4 Å². The molecular weight excluding hydrogens is 370 g/mol. The maximum atomic E-state index is 12.9. The largest absolute Gasteiger partial charge is 0.486 e. The molecule has 2 aliphatic rings. The van der Waals surface area contributed by atoms with E-state index in [-0.39, 0.29) is 22.9 Å². The predicted octanol–water partition coefficient (Wildman–Crippen LogP) is 0.679. The second kappa shape index (κ2) is 7.65. The van der Waals surface area contributed by atoms with E-state index in [1.807, 2.05) is 25.7 Å². The Morgan fingerprint density at radius 2 is 1.70 bits per heavy atom. The van der Waals surface area contributed by atoms with Crippen molar-refractivity contribution in [2.75, 3.05) is 45.9 Å². The fraction of sp³-hybridized carbons (Fsp3) is 0.611. The molecule has 0 aromatic heterocycles. The Bertz CT molecular complexity index is 796. The molecule has 1 aromatic carbocycles. The van der Waals surface area contributed by atoms with Crippen molar-refractivity contribution >= 4 is 15.9 Å². The summed E-state index contributed by atoms with van der Waals surface area (Å²) in [6.07, 6.45) is 0. The van der Waals surface area contributed by atoms with E-state index in [9.17, 15) is 13.2 Å². The first-order valence-electron chi connectivity index (χ1n) is 9.08. The first kappa shape index (κ1) is 19.9. The van der Waals surface area contributed by atoms with Crippen LogP contribution in [0.3, 0.4) is 0 Å². The Hall–Kier alpha value is -1.84. The molecule has 1 aromatic rings. The Kier molecular flexibility index (Phi) is 5.64. The molecular formula is C18H27N3O5S. The third-order valence-corrected chi connectivity index (χ3v) is 6.26. The molecule has 0 bridgehead atoms. The molecule has 27 heavy (non-hydrogen) atoms. The van der Waals surface area contributed by atoms with Crippen molar-refractivity contribution < 1.29 is 22.7 Å². The van der Waals surface area contributed by atoms with Crippen LogP contribution in [-0.4, -0.2) is 75.0 Å². The Morgan fingerprint density at radius 1 is 1.07 bits per heavy atom. The van der Waals surface area contributed by atoms with Gasteiger partial charge in [-0.1, -0.05) is 0 Å². The standard InChI is InChI=1S/C18H27N3O5S/c1-18(2,3)19-17(22)13-20-6-8-21(9-7-20)27(23,24)14-4-5-15-16(12-14)26-11-10-25-15/h4-5,12H,6-11,13H2,1-3H3,(H,19,22). The van der Waals surface area contributed by atoms with Crippen LogP contribution >= 0.6 is 0 Å². The fourth-order valence-electron chi connectivity index (χ4n) is 3.12. The van der Waals surface area contributed by atoms with Crippen LogP contribution in [-0.2, 0) is 14.8 Å². The van der Waals surface area contributed by atoms with E-state index in [2.05, 4.69) is 5.32 Å². The molecule has 1 N–H and O–H groups in total. The van der Waals surface area contributed by atoms with Crippen LogP contribution in [0.4, 0.5) is 0 Å². The summed E-state index contributed by atoms with van der Waals surface area (Å²) < 4.78 is 38.2. The van der Waals surface area contributed by atoms with Crippen molar-refractivity contribution in [3.05, 3.63) is 18.2 Å². The molecule has 0 radical (unpaired) electrons. The molecule has 0 spiro atoms. The van der Waals surface area contributed by atoms with Crippen LogP contribution in [0.1, 0.15) is 20.8 Å². The first-order chi connectivity index (χ1) is 12.6. The van der Waals surface area contributed by atoms with Gasteiger partial charge in [0.25, 0.3) is 0 Å². The highest BCUT2D eigenvalue weighted by atomic mass is 32.2. The zero-order chi connectivity index (χ0) is 19.7. The minimum absolute atomic E-state index is 0.0503. The number of amides is 1. The highest BCUT2D eigenvalue weighted by Crippen LogP contribution is 2.33. The highest BCUT2D eigenvalue weighted by molar-refractivity contribution is 7.89. The molecule has 2 heterocycles. The molecule has 0 unspecified atom stereocenters. The van der Waals surface area contributed by atoms with Gasteiger partial charge in [-0.25, -0.2) is 8.42 Å². The molecule has 3 rings (SSSR count). The van der Waals surface area contributed by atoms with Gasteiger partial charge in [0.15, 0.2) is 11.5 Å². The van der Waals surface area contributed by atoms with Gasteiger partial charge >= 0.3 is 0 Å². The summed E-state index contributed by atoms with van der Waals surface area (Å²) >= 11 is 0. The van der Waals surface area contributed by atoms with E-state index >= 15 is 0 Å². The molecule has 0 aliphatic carbocycles. The van der Waals surface area contributed by atoms with Gasteiger partial charge < -0.3 is 14.8 Å². The van der Waals surface area contributed by atoms with Crippen molar-refractivity contribution in [1.29, 1.82) is 0 Å². The number of benzene rings is 1. The van der Waals surface area contributed by atoms with Crippen LogP contribution in [0.25, 0.3) is 0 Å². The molecule has 1 fully saturated rings. The van der Waals surface area contributed by atoms with E-state index < -0.39 is 10.0 Å². The van der Waals surface area contributed by atoms with E-state index in [0.717, 1.165) is 0 Å². The smallest absolute Gasteiger partial charge is 0.243 e. The molecule has 0 atom stereocenters. The number of nitrogens with one attached hydrogen (secondary N) is 1. The molecule has 0 saturated carbocycles. The second-order valence-electron chi connectivity index (χ2n) is 7.78. The molecule has 150 valence electrons. The number of fused-ring (bicyclic) bond motifs is 1. The average molecular weight is 397 g/mol. The molecule has 9 heteroatoms. The number of ether oxygens (including phenoxy) is 2. The topological polar surface area (TPSA) is 88.2 Å². The molecule has 1 saturated heterocycles. The number of piperazine rings is 1. The average Bonchev–Trinajstić information content (AvgIpc) is 2.60. The summed E-state index contributed by atoms with van der Waals surface area (Å²) in [7, 11) is -3.61. The minimum Gasteiger partial charge on any atom is -0.486 e. The van der Waals surface area contributed by atoms with E-state index in [4.69, 9.17) is 9.47 Å². The van der Waals surface area contributed by atoms with Gasteiger partial charge in [-0.2, -0.15) is 4.31 Å². The lowest BCUT2D eigenvalue weighted by Crippen LogP contribution is -2.52. The first-order valence-corrected chi connectivity index (χ1v) is 10.5. The van der Waals surface area contributed by atoms with Gasteiger partial charge in [0.05, 0.1) is 11.4 Å².